The molecule has 33 heavy (non-hydrogen) atoms. The highest BCUT2D eigenvalue weighted by Crippen LogP contribution is 2.35. The largest absolute Gasteiger partial charge is 0.325 e. The van der Waals surface area contributed by atoms with Crippen molar-refractivity contribution in [1.82, 2.24) is 4.90 Å². The molecule has 2 aromatic carbocycles. The summed E-state index contributed by atoms with van der Waals surface area (Å²) in [6, 6.07) is 14.3. The zero-order chi connectivity index (χ0) is 23.6. The molecule has 2 heterocycles. The molecule has 0 aliphatic carbocycles. The fourth-order valence-electron chi connectivity index (χ4n) is 4.00. The second kappa shape index (κ2) is 9.39. The smallest absolute Gasteiger partial charge is 0.234 e. The molecule has 0 radical (unpaired) electrons. The van der Waals surface area contributed by atoms with Crippen LogP contribution in [0.2, 0.25) is 0 Å². The number of benzene rings is 2. The van der Waals surface area contributed by atoms with Crippen molar-refractivity contribution in [2.24, 2.45) is 9.98 Å². The summed E-state index contributed by atoms with van der Waals surface area (Å²) in [7, 11) is 2.12. The average molecular weight is 467 g/mol. The van der Waals surface area contributed by atoms with Crippen LogP contribution in [0.3, 0.4) is 0 Å². The Morgan fingerprint density at radius 1 is 1.06 bits per heavy atom. The highest BCUT2D eigenvalue weighted by Gasteiger charge is 2.39. The molecular formula is C26H31FN4OS. The van der Waals surface area contributed by atoms with E-state index in [-0.39, 0.29) is 22.9 Å². The van der Waals surface area contributed by atoms with Crippen LogP contribution in [0.25, 0.3) is 0 Å². The molecule has 0 unspecified atom stereocenters. The molecule has 7 heteroatoms. The first kappa shape index (κ1) is 23.6. The van der Waals surface area contributed by atoms with Crippen molar-refractivity contribution in [2.75, 3.05) is 31.2 Å². The number of anilines is 1. The second-order valence-corrected chi connectivity index (χ2v) is 10.8. The third-order valence-electron chi connectivity index (χ3n) is 6.11. The summed E-state index contributed by atoms with van der Waals surface area (Å²) in [4.78, 5) is 25.0. The van der Waals surface area contributed by atoms with Gasteiger partial charge in [0.25, 0.3) is 0 Å². The van der Waals surface area contributed by atoms with E-state index in [1.807, 2.05) is 0 Å². The Labute approximate surface area is 199 Å². The van der Waals surface area contributed by atoms with Crippen LogP contribution in [0.4, 0.5) is 10.1 Å². The van der Waals surface area contributed by atoms with Crippen molar-refractivity contribution < 1.29 is 9.18 Å². The Kier molecular flexibility index (Phi) is 6.73. The molecule has 1 amide bonds. The summed E-state index contributed by atoms with van der Waals surface area (Å²) in [5.74, 6) is -0.267. The van der Waals surface area contributed by atoms with Crippen LogP contribution in [0.5, 0.6) is 0 Å². The van der Waals surface area contributed by atoms with E-state index in [1.54, 1.807) is 12.1 Å². The Bertz CT molecular complexity index is 1060. The second-order valence-electron chi connectivity index (χ2n) is 9.83. The van der Waals surface area contributed by atoms with E-state index >= 15 is 0 Å². The molecule has 1 saturated heterocycles. The third-order valence-corrected chi connectivity index (χ3v) is 7.08. The average Bonchev–Trinajstić information content (AvgIpc) is 3.14. The van der Waals surface area contributed by atoms with E-state index < -0.39 is 5.66 Å². The number of carbonyl (C=O) groups is 1. The van der Waals surface area contributed by atoms with Crippen LogP contribution >= 0.6 is 11.8 Å². The third kappa shape index (κ3) is 5.71. The molecule has 2 aliphatic heterocycles. The number of rotatable bonds is 4. The van der Waals surface area contributed by atoms with Gasteiger partial charge < -0.3 is 10.2 Å². The lowest BCUT2D eigenvalue weighted by Gasteiger charge is -2.33. The van der Waals surface area contributed by atoms with Crippen molar-refractivity contribution in [3.63, 3.8) is 0 Å². The minimum atomic E-state index is -0.430. The number of nitrogens with zero attached hydrogens (tertiary/aromatic N) is 3. The van der Waals surface area contributed by atoms with Gasteiger partial charge in [-0.2, -0.15) is 0 Å². The van der Waals surface area contributed by atoms with Crippen LogP contribution in [-0.4, -0.2) is 53.1 Å². The molecule has 4 rings (SSSR count). The highest BCUT2D eigenvalue weighted by molar-refractivity contribution is 8.16. The van der Waals surface area contributed by atoms with Gasteiger partial charge in [0.15, 0.2) is 5.66 Å². The number of amides is 1. The maximum Gasteiger partial charge on any atom is 0.234 e. The summed E-state index contributed by atoms with van der Waals surface area (Å²) < 4.78 is 13.1. The Hall–Kier alpha value is -2.51. The maximum atomic E-state index is 13.1. The van der Waals surface area contributed by atoms with Gasteiger partial charge in [-0.15, -0.1) is 0 Å². The van der Waals surface area contributed by atoms with Gasteiger partial charge in [0.05, 0.1) is 11.5 Å². The molecule has 1 N–H and O–H groups in total. The zero-order valence-electron chi connectivity index (χ0n) is 19.7. The molecule has 2 aromatic rings. The molecule has 0 aromatic heterocycles. The van der Waals surface area contributed by atoms with Crippen molar-refractivity contribution in [3.05, 3.63) is 65.5 Å². The summed E-state index contributed by atoms with van der Waals surface area (Å²) in [6.07, 6.45) is 1.75. The lowest BCUT2D eigenvalue weighted by atomic mass is 9.86. The van der Waals surface area contributed by atoms with Crippen LogP contribution in [0, 0.1) is 5.82 Å². The van der Waals surface area contributed by atoms with Crippen molar-refractivity contribution in [1.29, 1.82) is 0 Å². The van der Waals surface area contributed by atoms with Gasteiger partial charge in [-0.1, -0.05) is 56.8 Å². The van der Waals surface area contributed by atoms with Crippen molar-refractivity contribution >= 4 is 34.1 Å². The lowest BCUT2D eigenvalue weighted by Crippen LogP contribution is -2.39. The summed E-state index contributed by atoms with van der Waals surface area (Å²) in [6.45, 7) is 8.50. The minimum Gasteiger partial charge on any atom is -0.325 e. The zero-order valence-corrected chi connectivity index (χ0v) is 20.5. The number of aliphatic imine (C=N–C) groups is 2. The minimum absolute atomic E-state index is 0.0787. The first-order chi connectivity index (χ1) is 15.6. The van der Waals surface area contributed by atoms with Gasteiger partial charge >= 0.3 is 0 Å². The van der Waals surface area contributed by atoms with Crippen LogP contribution in [0.15, 0.2) is 58.5 Å². The topological polar surface area (TPSA) is 57.1 Å². The van der Waals surface area contributed by atoms with E-state index in [1.165, 1.54) is 29.5 Å². The number of carbonyl (C=O) groups excluding carboxylic acids is 1. The molecule has 1 spiro atoms. The van der Waals surface area contributed by atoms with Gasteiger partial charge in [-0.25, -0.2) is 9.38 Å². The van der Waals surface area contributed by atoms with Gasteiger partial charge in [-0.3, -0.25) is 9.79 Å². The number of likely N-dealkylation sites (tertiary alicyclic amines) is 1. The number of hydrogen-bond acceptors (Lipinski definition) is 5. The fraction of sp³-hybridized carbons (Fsp3) is 0.423. The van der Waals surface area contributed by atoms with E-state index in [0.717, 1.165) is 42.3 Å². The predicted octanol–water partition coefficient (Wildman–Crippen LogP) is 5.12. The molecule has 0 saturated carbocycles. The highest BCUT2D eigenvalue weighted by atomic mass is 32.2. The number of nitrogens with one attached hydrogen (secondary N) is 1. The number of piperidine rings is 1. The van der Waals surface area contributed by atoms with Gasteiger partial charge in [0.1, 0.15) is 10.9 Å². The van der Waals surface area contributed by atoms with Crippen LogP contribution in [-0.2, 0) is 10.2 Å². The molecule has 0 atom stereocenters. The predicted molar refractivity (Wildman–Crippen MR) is 136 cm³/mol. The first-order valence-corrected chi connectivity index (χ1v) is 12.3. The summed E-state index contributed by atoms with van der Waals surface area (Å²) in [5, 5.41) is 3.64. The quantitative estimate of drug-likeness (QED) is 0.681. The van der Waals surface area contributed by atoms with Crippen molar-refractivity contribution in [3.8, 4) is 0 Å². The molecule has 5 nitrogen and oxygen atoms in total. The fourth-order valence-corrected chi connectivity index (χ4v) is 4.88. The number of halogens is 1. The number of hydrogen-bond donors (Lipinski definition) is 1. The summed E-state index contributed by atoms with van der Waals surface area (Å²) >= 11 is 1.42. The van der Waals surface area contributed by atoms with Gasteiger partial charge in [-0.05, 0) is 42.3 Å². The Balaban J connectivity index is 1.52. The van der Waals surface area contributed by atoms with Crippen LogP contribution in [0.1, 0.15) is 44.7 Å². The number of thioether (sulfide) groups is 1. The van der Waals surface area contributed by atoms with Crippen LogP contribution < -0.4 is 5.32 Å². The first-order valence-electron chi connectivity index (χ1n) is 11.3. The van der Waals surface area contributed by atoms with E-state index in [2.05, 4.69) is 62.3 Å². The SMILES string of the molecule is CN1CCC2(CC1)N=C(SCC(=O)Nc1ccc(F)cc1)C(c1ccc(C(C)(C)C)cc1)=N2. The molecule has 0 bridgehead atoms. The molecular weight excluding hydrogens is 435 g/mol. The molecule has 1 fully saturated rings. The van der Waals surface area contributed by atoms with Gasteiger partial charge in [0, 0.05) is 37.2 Å². The van der Waals surface area contributed by atoms with E-state index in [4.69, 9.17) is 9.98 Å². The lowest BCUT2D eigenvalue weighted by molar-refractivity contribution is -0.113. The Morgan fingerprint density at radius 2 is 1.70 bits per heavy atom. The molecule has 174 valence electrons. The van der Waals surface area contributed by atoms with E-state index in [9.17, 15) is 9.18 Å². The standard InChI is InChI=1S/C26H31FN4OS/c1-25(2,3)19-7-5-18(6-8-19)23-24(30-26(29-23)13-15-31(4)16-14-26)33-17-22(32)28-21-11-9-20(27)10-12-21/h5-12H,13-17H2,1-4H3,(H,28,32). The molecule has 2 aliphatic rings. The Morgan fingerprint density at radius 3 is 2.30 bits per heavy atom. The van der Waals surface area contributed by atoms with Gasteiger partial charge in [0.2, 0.25) is 5.91 Å². The van der Waals surface area contributed by atoms with Crippen molar-refractivity contribution in [2.45, 2.75) is 44.7 Å². The maximum absolute atomic E-state index is 13.1. The van der Waals surface area contributed by atoms with E-state index in [0.29, 0.717) is 5.69 Å². The summed E-state index contributed by atoms with van der Waals surface area (Å²) in [5.41, 5.74) is 3.40. The normalized spacial score (nSPS) is 18.2. The monoisotopic (exact) mass is 466 g/mol.